The van der Waals surface area contributed by atoms with E-state index in [4.69, 9.17) is 4.74 Å². The maximum absolute atomic E-state index is 12.4. The molecule has 3 rings (SSSR count). The van der Waals surface area contributed by atoms with Gasteiger partial charge in [-0.25, -0.2) is 9.78 Å². The van der Waals surface area contributed by atoms with Gasteiger partial charge in [0.25, 0.3) is 5.91 Å². The van der Waals surface area contributed by atoms with Crippen molar-refractivity contribution in [3.05, 3.63) is 42.1 Å². The van der Waals surface area contributed by atoms with Crippen molar-refractivity contribution in [1.29, 1.82) is 0 Å². The van der Waals surface area contributed by atoms with Crippen molar-refractivity contribution >= 4 is 22.8 Å². The first kappa shape index (κ1) is 16.4. The lowest BCUT2D eigenvalue weighted by atomic mass is 9.99. The number of hydrogen-bond acceptors (Lipinski definition) is 4. The lowest BCUT2D eigenvalue weighted by molar-refractivity contribution is -0.141. The molecular weight excluding hydrogens is 304 g/mol. The molecule has 0 aliphatic carbocycles. The van der Waals surface area contributed by atoms with Crippen molar-refractivity contribution in [3.8, 4) is 0 Å². The third-order valence-electron chi connectivity index (χ3n) is 4.53. The molecule has 1 aromatic carbocycles. The lowest BCUT2D eigenvalue weighted by Gasteiger charge is -2.31. The number of benzene rings is 1. The molecule has 1 fully saturated rings. The van der Waals surface area contributed by atoms with Gasteiger partial charge >= 0.3 is 5.97 Å². The summed E-state index contributed by atoms with van der Waals surface area (Å²) in [7, 11) is 0. The summed E-state index contributed by atoms with van der Waals surface area (Å²) in [6.07, 6.45) is 1.20. The smallest absolute Gasteiger partial charge is 0.357 e. The second kappa shape index (κ2) is 6.99. The van der Waals surface area contributed by atoms with Crippen LogP contribution in [0.2, 0.25) is 0 Å². The highest BCUT2D eigenvalue weighted by atomic mass is 16.5. The Balaban J connectivity index is 1.65. The molecule has 1 aliphatic heterocycles. The average Bonchev–Trinajstić information content (AvgIpc) is 2.61. The second-order valence-corrected chi connectivity index (χ2v) is 6.44. The maximum Gasteiger partial charge on any atom is 0.357 e. The summed E-state index contributed by atoms with van der Waals surface area (Å²) in [4.78, 5) is 30.8. The Labute approximate surface area is 141 Å². The summed E-state index contributed by atoms with van der Waals surface area (Å²) in [6.45, 7) is 5.28. The predicted molar refractivity (Wildman–Crippen MR) is 91.6 cm³/mol. The van der Waals surface area contributed by atoms with E-state index in [0.29, 0.717) is 5.92 Å². The largest absolute Gasteiger partial charge is 0.448 e. The standard InChI is InChI=1S/C19H22N2O3/c1-13-9-11-21(12-10-13)18(22)14(2)24-19(23)17-8-7-15-5-3-4-6-16(15)20-17/h3-8,13-14H,9-12H2,1-2H3. The molecular formula is C19H22N2O3. The molecule has 126 valence electrons. The van der Waals surface area contributed by atoms with Crippen LogP contribution in [0.3, 0.4) is 0 Å². The van der Waals surface area contributed by atoms with Crippen molar-refractivity contribution in [2.45, 2.75) is 32.8 Å². The topological polar surface area (TPSA) is 59.5 Å². The van der Waals surface area contributed by atoms with Gasteiger partial charge in [-0.15, -0.1) is 0 Å². The van der Waals surface area contributed by atoms with E-state index in [1.807, 2.05) is 30.3 Å². The Bertz CT molecular complexity index is 751. The number of fused-ring (bicyclic) bond motifs is 1. The van der Waals surface area contributed by atoms with Crippen molar-refractivity contribution in [2.24, 2.45) is 5.92 Å². The van der Waals surface area contributed by atoms with E-state index in [1.165, 1.54) is 0 Å². The number of amides is 1. The van der Waals surface area contributed by atoms with Crippen LogP contribution in [0, 0.1) is 5.92 Å². The summed E-state index contributed by atoms with van der Waals surface area (Å²) in [5.74, 6) is -0.0447. The molecule has 0 radical (unpaired) electrons. The van der Waals surface area contributed by atoms with Gasteiger partial charge in [-0.1, -0.05) is 31.2 Å². The van der Waals surface area contributed by atoms with Crippen LogP contribution in [-0.4, -0.2) is 41.0 Å². The zero-order chi connectivity index (χ0) is 17.1. The summed E-state index contributed by atoms with van der Waals surface area (Å²) in [6, 6.07) is 11.0. The Morgan fingerprint density at radius 1 is 1.17 bits per heavy atom. The number of rotatable bonds is 3. The van der Waals surface area contributed by atoms with E-state index in [9.17, 15) is 9.59 Å². The van der Waals surface area contributed by atoms with Crippen LogP contribution < -0.4 is 0 Å². The van der Waals surface area contributed by atoms with Crippen LogP contribution in [0.15, 0.2) is 36.4 Å². The molecule has 2 aromatic rings. The molecule has 0 saturated carbocycles. The molecule has 1 unspecified atom stereocenters. The minimum Gasteiger partial charge on any atom is -0.448 e. The fraction of sp³-hybridized carbons (Fsp3) is 0.421. The van der Waals surface area contributed by atoms with Gasteiger partial charge in [0.1, 0.15) is 5.69 Å². The number of carbonyl (C=O) groups excluding carboxylic acids is 2. The Morgan fingerprint density at radius 2 is 1.88 bits per heavy atom. The molecule has 1 atom stereocenters. The number of pyridine rings is 1. The molecule has 5 heteroatoms. The van der Waals surface area contributed by atoms with Crippen LogP contribution in [-0.2, 0) is 9.53 Å². The van der Waals surface area contributed by atoms with Crippen molar-refractivity contribution in [3.63, 3.8) is 0 Å². The number of nitrogens with zero attached hydrogens (tertiary/aromatic N) is 2. The number of likely N-dealkylation sites (tertiary alicyclic amines) is 1. The predicted octanol–water partition coefficient (Wildman–Crippen LogP) is 3.04. The summed E-state index contributed by atoms with van der Waals surface area (Å²) >= 11 is 0. The molecule has 0 bridgehead atoms. The molecule has 2 heterocycles. The molecule has 1 aliphatic rings. The fourth-order valence-corrected chi connectivity index (χ4v) is 2.94. The first-order valence-electron chi connectivity index (χ1n) is 8.40. The highest BCUT2D eigenvalue weighted by Gasteiger charge is 2.27. The molecule has 24 heavy (non-hydrogen) atoms. The second-order valence-electron chi connectivity index (χ2n) is 6.44. The highest BCUT2D eigenvalue weighted by Crippen LogP contribution is 2.18. The van der Waals surface area contributed by atoms with E-state index in [2.05, 4.69) is 11.9 Å². The van der Waals surface area contributed by atoms with E-state index < -0.39 is 12.1 Å². The van der Waals surface area contributed by atoms with Gasteiger partial charge in [-0.3, -0.25) is 4.79 Å². The molecule has 1 saturated heterocycles. The van der Waals surface area contributed by atoms with Crippen LogP contribution in [0.4, 0.5) is 0 Å². The van der Waals surface area contributed by atoms with Gasteiger partial charge in [0.2, 0.25) is 0 Å². The molecule has 5 nitrogen and oxygen atoms in total. The lowest BCUT2D eigenvalue weighted by Crippen LogP contribution is -2.44. The van der Waals surface area contributed by atoms with Gasteiger partial charge in [-0.2, -0.15) is 0 Å². The van der Waals surface area contributed by atoms with Gasteiger partial charge < -0.3 is 9.64 Å². The van der Waals surface area contributed by atoms with Crippen LogP contribution in [0.5, 0.6) is 0 Å². The van der Waals surface area contributed by atoms with Gasteiger partial charge in [0.05, 0.1) is 5.52 Å². The van der Waals surface area contributed by atoms with Crippen molar-refractivity contribution in [1.82, 2.24) is 9.88 Å². The SMILES string of the molecule is CC1CCN(C(=O)C(C)OC(=O)c2ccc3ccccc3n2)CC1. The summed E-state index contributed by atoms with van der Waals surface area (Å²) < 4.78 is 5.33. The van der Waals surface area contributed by atoms with Crippen LogP contribution in [0.25, 0.3) is 10.9 Å². The number of hydrogen-bond donors (Lipinski definition) is 0. The third kappa shape index (κ3) is 3.55. The van der Waals surface area contributed by atoms with E-state index >= 15 is 0 Å². The van der Waals surface area contributed by atoms with Crippen molar-refractivity contribution in [2.75, 3.05) is 13.1 Å². The van der Waals surface area contributed by atoms with E-state index in [1.54, 1.807) is 17.9 Å². The zero-order valence-corrected chi connectivity index (χ0v) is 14.1. The number of carbonyl (C=O) groups is 2. The Kier molecular flexibility index (Phi) is 4.79. The number of ether oxygens (including phenoxy) is 1. The van der Waals surface area contributed by atoms with E-state index in [-0.39, 0.29) is 11.6 Å². The number of para-hydroxylation sites is 1. The minimum absolute atomic E-state index is 0.129. The fourth-order valence-electron chi connectivity index (χ4n) is 2.94. The monoisotopic (exact) mass is 326 g/mol. The van der Waals surface area contributed by atoms with E-state index in [0.717, 1.165) is 36.8 Å². The average molecular weight is 326 g/mol. The molecule has 0 spiro atoms. The number of piperidine rings is 1. The summed E-state index contributed by atoms with van der Waals surface area (Å²) in [5, 5.41) is 0.959. The highest BCUT2D eigenvalue weighted by molar-refractivity contribution is 5.93. The van der Waals surface area contributed by atoms with Gasteiger partial charge in [0.15, 0.2) is 6.10 Å². The van der Waals surface area contributed by atoms with Crippen LogP contribution >= 0.6 is 0 Å². The summed E-state index contributed by atoms with van der Waals surface area (Å²) in [5.41, 5.74) is 0.955. The third-order valence-corrected chi connectivity index (χ3v) is 4.53. The number of aromatic nitrogens is 1. The molecule has 1 aromatic heterocycles. The Hall–Kier alpha value is -2.43. The normalized spacial score (nSPS) is 16.8. The minimum atomic E-state index is -0.792. The number of esters is 1. The molecule has 1 amide bonds. The van der Waals surface area contributed by atoms with Gasteiger partial charge in [0, 0.05) is 18.5 Å². The molecule has 0 N–H and O–H groups in total. The Morgan fingerprint density at radius 3 is 2.62 bits per heavy atom. The quantitative estimate of drug-likeness (QED) is 0.814. The van der Waals surface area contributed by atoms with Crippen molar-refractivity contribution < 1.29 is 14.3 Å². The van der Waals surface area contributed by atoms with Crippen LogP contribution in [0.1, 0.15) is 37.2 Å². The maximum atomic E-state index is 12.4. The van der Waals surface area contributed by atoms with Gasteiger partial charge in [-0.05, 0) is 37.8 Å². The zero-order valence-electron chi connectivity index (χ0n) is 14.1. The first-order chi connectivity index (χ1) is 11.5. The first-order valence-corrected chi connectivity index (χ1v) is 8.40.